The second kappa shape index (κ2) is 7.04. The van der Waals surface area contributed by atoms with Crippen molar-refractivity contribution in [2.45, 2.75) is 13.0 Å². The number of amides is 1. The van der Waals surface area contributed by atoms with E-state index in [1.54, 1.807) is 13.0 Å². The van der Waals surface area contributed by atoms with Crippen LogP contribution in [0.5, 0.6) is 5.75 Å². The molecule has 0 saturated carbocycles. The van der Waals surface area contributed by atoms with Crippen LogP contribution in [-0.2, 0) is 4.79 Å². The molecule has 21 heavy (non-hydrogen) atoms. The summed E-state index contributed by atoms with van der Waals surface area (Å²) in [6, 6.07) is 11.0. The van der Waals surface area contributed by atoms with Crippen molar-refractivity contribution in [2.75, 3.05) is 5.32 Å². The highest BCUT2D eigenvalue weighted by Crippen LogP contribution is 2.26. The molecule has 2 rings (SSSR count). The third-order valence-electron chi connectivity index (χ3n) is 2.68. The van der Waals surface area contributed by atoms with E-state index in [9.17, 15) is 9.18 Å². The zero-order chi connectivity index (χ0) is 15.4. The van der Waals surface area contributed by atoms with E-state index in [4.69, 9.17) is 4.74 Å². The van der Waals surface area contributed by atoms with Gasteiger partial charge < -0.3 is 10.1 Å². The second-order valence-electron chi connectivity index (χ2n) is 4.33. The van der Waals surface area contributed by atoms with Crippen molar-refractivity contribution in [2.24, 2.45) is 0 Å². The van der Waals surface area contributed by atoms with Crippen LogP contribution in [0.1, 0.15) is 6.92 Å². The number of nitrogens with one attached hydrogen (secondary N) is 1. The van der Waals surface area contributed by atoms with Crippen molar-refractivity contribution in [3.8, 4) is 5.75 Å². The highest BCUT2D eigenvalue weighted by molar-refractivity contribution is 9.11. The quantitative estimate of drug-likeness (QED) is 0.780. The fourth-order valence-electron chi connectivity index (χ4n) is 1.60. The predicted molar refractivity (Wildman–Crippen MR) is 87.0 cm³/mol. The molecule has 0 aliphatic rings. The van der Waals surface area contributed by atoms with Gasteiger partial charge in [0.1, 0.15) is 11.6 Å². The minimum Gasteiger partial charge on any atom is -0.481 e. The number of hydrogen-bond donors (Lipinski definition) is 1. The van der Waals surface area contributed by atoms with Gasteiger partial charge in [0, 0.05) is 8.95 Å². The van der Waals surface area contributed by atoms with Crippen LogP contribution in [-0.4, -0.2) is 12.0 Å². The summed E-state index contributed by atoms with van der Waals surface area (Å²) in [6.07, 6.45) is -0.703. The average Bonchev–Trinajstić information content (AvgIpc) is 2.44. The van der Waals surface area contributed by atoms with E-state index in [1.807, 2.05) is 12.1 Å². The molecule has 2 aromatic rings. The molecule has 0 bridgehead atoms. The van der Waals surface area contributed by atoms with Crippen LogP contribution in [0.4, 0.5) is 10.1 Å². The van der Waals surface area contributed by atoms with Crippen molar-refractivity contribution < 1.29 is 13.9 Å². The Bertz CT molecular complexity index is 647. The minimum absolute atomic E-state index is 0.289. The van der Waals surface area contributed by atoms with Crippen LogP contribution >= 0.6 is 31.9 Å². The van der Waals surface area contributed by atoms with Gasteiger partial charge in [-0.25, -0.2) is 4.39 Å². The summed E-state index contributed by atoms with van der Waals surface area (Å²) < 4.78 is 19.9. The summed E-state index contributed by atoms with van der Waals surface area (Å²) in [5.74, 6) is -0.200. The molecule has 1 unspecified atom stereocenters. The monoisotopic (exact) mass is 415 g/mol. The Hall–Kier alpha value is -1.40. The summed E-state index contributed by atoms with van der Waals surface area (Å²) in [7, 11) is 0. The molecular formula is C15H12Br2FNO2. The summed E-state index contributed by atoms with van der Waals surface area (Å²) in [6.45, 7) is 1.63. The summed E-state index contributed by atoms with van der Waals surface area (Å²) in [5, 5.41) is 2.76. The normalized spacial score (nSPS) is 11.8. The molecule has 0 heterocycles. The van der Waals surface area contributed by atoms with Gasteiger partial charge in [-0.3, -0.25) is 4.79 Å². The maximum absolute atomic E-state index is 12.8. The molecule has 6 heteroatoms. The van der Waals surface area contributed by atoms with E-state index in [0.717, 1.165) is 8.95 Å². The van der Waals surface area contributed by atoms with E-state index >= 15 is 0 Å². The predicted octanol–water partition coefficient (Wildman–Crippen LogP) is 4.76. The summed E-state index contributed by atoms with van der Waals surface area (Å²) >= 11 is 6.72. The fourth-order valence-corrected chi connectivity index (χ4v) is 2.74. The Balaban J connectivity index is 2.00. The summed E-state index contributed by atoms with van der Waals surface area (Å²) in [4.78, 5) is 12.1. The lowest BCUT2D eigenvalue weighted by molar-refractivity contribution is -0.122. The number of rotatable bonds is 4. The SMILES string of the molecule is CC(Oc1ccc(F)cc1)C(=O)Nc1ccc(Br)cc1Br. The first kappa shape index (κ1) is 16.0. The highest BCUT2D eigenvalue weighted by Gasteiger charge is 2.16. The van der Waals surface area contributed by atoms with Gasteiger partial charge in [-0.15, -0.1) is 0 Å². The minimum atomic E-state index is -0.703. The van der Waals surface area contributed by atoms with Gasteiger partial charge in [0.25, 0.3) is 5.91 Å². The average molecular weight is 417 g/mol. The van der Waals surface area contributed by atoms with Crippen molar-refractivity contribution >= 4 is 43.5 Å². The largest absolute Gasteiger partial charge is 0.481 e. The van der Waals surface area contributed by atoms with Gasteiger partial charge in [-0.2, -0.15) is 0 Å². The number of benzene rings is 2. The van der Waals surface area contributed by atoms with Gasteiger partial charge in [0.15, 0.2) is 6.10 Å². The number of carbonyl (C=O) groups is 1. The Kier molecular flexibility index (Phi) is 5.36. The molecule has 0 saturated heterocycles. The zero-order valence-electron chi connectivity index (χ0n) is 11.1. The maximum atomic E-state index is 12.8. The number of hydrogen-bond acceptors (Lipinski definition) is 2. The molecule has 0 spiro atoms. The van der Waals surface area contributed by atoms with E-state index in [0.29, 0.717) is 11.4 Å². The molecule has 1 amide bonds. The maximum Gasteiger partial charge on any atom is 0.265 e. The van der Waals surface area contributed by atoms with Crippen LogP contribution in [0.3, 0.4) is 0 Å². The van der Waals surface area contributed by atoms with Gasteiger partial charge in [-0.05, 0) is 65.3 Å². The molecular weight excluding hydrogens is 405 g/mol. The van der Waals surface area contributed by atoms with Gasteiger partial charge in [0.05, 0.1) is 5.69 Å². The van der Waals surface area contributed by atoms with Crippen LogP contribution < -0.4 is 10.1 Å². The van der Waals surface area contributed by atoms with Gasteiger partial charge in [-0.1, -0.05) is 15.9 Å². The lowest BCUT2D eigenvalue weighted by Gasteiger charge is -2.15. The van der Waals surface area contributed by atoms with E-state index in [1.165, 1.54) is 24.3 Å². The van der Waals surface area contributed by atoms with Gasteiger partial charge >= 0.3 is 0 Å². The Morgan fingerprint density at radius 3 is 2.48 bits per heavy atom. The van der Waals surface area contributed by atoms with Crippen molar-refractivity contribution in [1.29, 1.82) is 0 Å². The Morgan fingerprint density at radius 1 is 1.19 bits per heavy atom. The van der Waals surface area contributed by atoms with Gasteiger partial charge in [0.2, 0.25) is 0 Å². The first-order chi connectivity index (χ1) is 9.95. The topological polar surface area (TPSA) is 38.3 Å². The third-order valence-corrected chi connectivity index (χ3v) is 3.83. The fraction of sp³-hybridized carbons (Fsp3) is 0.133. The molecule has 3 nitrogen and oxygen atoms in total. The number of halogens is 3. The molecule has 0 radical (unpaired) electrons. The first-order valence-corrected chi connectivity index (χ1v) is 7.72. The smallest absolute Gasteiger partial charge is 0.265 e. The molecule has 1 atom stereocenters. The number of anilines is 1. The highest BCUT2D eigenvalue weighted by atomic mass is 79.9. The van der Waals surface area contributed by atoms with Crippen molar-refractivity contribution in [1.82, 2.24) is 0 Å². The Labute approximate surface area is 138 Å². The van der Waals surface area contributed by atoms with Crippen molar-refractivity contribution in [3.05, 3.63) is 57.2 Å². The lowest BCUT2D eigenvalue weighted by atomic mass is 10.3. The molecule has 110 valence electrons. The van der Waals surface area contributed by atoms with Crippen LogP contribution in [0.15, 0.2) is 51.4 Å². The second-order valence-corrected chi connectivity index (χ2v) is 6.10. The van der Waals surface area contributed by atoms with Crippen LogP contribution in [0.2, 0.25) is 0 Å². The van der Waals surface area contributed by atoms with E-state index < -0.39 is 6.10 Å². The zero-order valence-corrected chi connectivity index (χ0v) is 14.2. The molecule has 0 aromatic heterocycles. The first-order valence-electron chi connectivity index (χ1n) is 6.14. The summed E-state index contributed by atoms with van der Waals surface area (Å²) in [5.41, 5.74) is 0.651. The molecule has 0 fully saturated rings. The number of carbonyl (C=O) groups excluding carboxylic acids is 1. The van der Waals surface area contributed by atoms with Crippen LogP contribution in [0.25, 0.3) is 0 Å². The number of ether oxygens (including phenoxy) is 1. The van der Waals surface area contributed by atoms with Crippen molar-refractivity contribution in [3.63, 3.8) is 0 Å². The van der Waals surface area contributed by atoms with Crippen LogP contribution in [0, 0.1) is 5.82 Å². The Morgan fingerprint density at radius 2 is 1.86 bits per heavy atom. The molecule has 0 aliphatic carbocycles. The molecule has 1 N–H and O–H groups in total. The third kappa shape index (κ3) is 4.54. The lowest BCUT2D eigenvalue weighted by Crippen LogP contribution is -2.30. The molecule has 2 aromatic carbocycles. The van der Waals surface area contributed by atoms with E-state index in [2.05, 4.69) is 37.2 Å². The van der Waals surface area contributed by atoms with E-state index in [-0.39, 0.29) is 11.7 Å². The molecule has 0 aliphatic heterocycles. The standard InChI is InChI=1S/C15H12Br2FNO2/c1-9(21-12-5-3-11(18)4-6-12)15(20)19-14-7-2-10(16)8-13(14)17/h2-9H,1H3,(H,19,20).